The third-order valence-electron chi connectivity index (χ3n) is 6.26. The molecule has 8 heteroatoms. The molecule has 0 saturated carbocycles. The molecule has 0 spiro atoms. The molecule has 0 bridgehead atoms. The minimum absolute atomic E-state index is 0.220. The first-order chi connectivity index (χ1) is 16.8. The molecule has 2 amide bonds. The van der Waals surface area contributed by atoms with Crippen LogP contribution in [0, 0.1) is 0 Å². The molecule has 1 fully saturated rings. The molecule has 1 aromatic carbocycles. The predicted octanol–water partition coefficient (Wildman–Crippen LogP) is 4.97. The largest absolute Gasteiger partial charge is 0.405 e. The van der Waals surface area contributed by atoms with Crippen LogP contribution in [0.5, 0.6) is 0 Å². The van der Waals surface area contributed by atoms with Gasteiger partial charge in [-0.3, -0.25) is 9.59 Å². The van der Waals surface area contributed by atoms with E-state index in [0.717, 1.165) is 62.0 Å². The molecule has 1 atom stereocenters. The van der Waals surface area contributed by atoms with Crippen molar-refractivity contribution in [2.75, 3.05) is 26.2 Å². The topological polar surface area (TPSA) is 61.4 Å². The summed E-state index contributed by atoms with van der Waals surface area (Å²) in [5.74, 6) is -1.30. The number of alkyl halides is 3. The lowest BCUT2D eigenvalue weighted by molar-refractivity contribution is -0.139. The average molecular weight is 492 g/mol. The van der Waals surface area contributed by atoms with Crippen LogP contribution in [0.2, 0.25) is 0 Å². The van der Waals surface area contributed by atoms with Crippen molar-refractivity contribution < 1.29 is 22.8 Å². The van der Waals surface area contributed by atoms with Gasteiger partial charge in [-0.2, -0.15) is 13.2 Å². The lowest BCUT2D eigenvalue weighted by Gasteiger charge is -2.31. The quantitative estimate of drug-likeness (QED) is 0.233. The van der Waals surface area contributed by atoms with Gasteiger partial charge in [-0.05, 0) is 55.9 Å². The highest BCUT2D eigenvalue weighted by molar-refractivity contribution is 5.87. The number of amides is 2. The minimum atomic E-state index is -4.47. The third kappa shape index (κ3) is 9.72. The molecule has 2 N–H and O–H groups in total. The van der Waals surface area contributed by atoms with Crippen molar-refractivity contribution in [2.45, 2.75) is 57.2 Å². The number of hydrogen-bond acceptors (Lipinski definition) is 3. The SMILES string of the molecule is C=C/C=C\C(=C/C)c1ccccc1C(CCCCN1CCC(NC=O)CC1)C(=O)NCC(F)(F)F. The second-order valence-corrected chi connectivity index (χ2v) is 8.71. The highest BCUT2D eigenvalue weighted by atomic mass is 19.4. The van der Waals surface area contributed by atoms with Crippen LogP contribution in [0.1, 0.15) is 56.1 Å². The fourth-order valence-corrected chi connectivity index (χ4v) is 4.42. The van der Waals surface area contributed by atoms with E-state index >= 15 is 0 Å². The second kappa shape index (κ2) is 14.5. The number of allylic oxidation sites excluding steroid dienone is 5. The molecule has 0 aromatic heterocycles. The average Bonchev–Trinajstić information content (AvgIpc) is 2.84. The first-order valence-corrected chi connectivity index (χ1v) is 12.1. The van der Waals surface area contributed by atoms with Crippen LogP contribution in [0.3, 0.4) is 0 Å². The Morgan fingerprint density at radius 3 is 2.57 bits per heavy atom. The van der Waals surface area contributed by atoms with Crippen LogP contribution >= 0.6 is 0 Å². The van der Waals surface area contributed by atoms with E-state index in [1.807, 2.05) is 43.3 Å². The van der Waals surface area contributed by atoms with Crippen LogP contribution in [-0.4, -0.2) is 55.6 Å². The Balaban J connectivity index is 2.11. The molecule has 1 aliphatic rings. The molecule has 5 nitrogen and oxygen atoms in total. The zero-order chi connectivity index (χ0) is 25.7. The van der Waals surface area contributed by atoms with Gasteiger partial charge >= 0.3 is 6.18 Å². The van der Waals surface area contributed by atoms with Gasteiger partial charge in [0.25, 0.3) is 0 Å². The Kier molecular flexibility index (Phi) is 11.8. The van der Waals surface area contributed by atoms with E-state index in [4.69, 9.17) is 0 Å². The number of likely N-dealkylation sites (tertiary alicyclic amines) is 1. The lowest BCUT2D eigenvalue weighted by Crippen LogP contribution is -2.42. The van der Waals surface area contributed by atoms with Gasteiger partial charge in [0.05, 0.1) is 5.92 Å². The van der Waals surface area contributed by atoms with Gasteiger partial charge in [-0.15, -0.1) is 0 Å². The summed E-state index contributed by atoms with van der Waals surface area (Å²) in [7, 11) is 0. The number of unbranched alkanes of at least 4 members (excludes halogenated alkanes) is 1. The van der Waals surface area contributed by atoms with Crippen molar-refractivity contribution in [3.05, 3.63) is 66.3 Å². The Morgan fingerprint density at radius 2 is 1.94 bits per heavy atom. The number of benzene rings is 1. The van der Waals surface area contributed by atoms with Crippen LogP contribution in [0.25, 0.3) is 5.57 Å². The van der Waals surface area contributed by atoms with Crippen molar-refractivity contribution in [1.29, 1.82) is 0 Å². The van der Waals surface area contributed by atoms with E-state index in [9.17, 15) is 22.8 Å². The predicted molar refractivity (Wildman–Crippen MR) is 134 cm³/mol. The van der Waals surface area contributed by atoms with Gasteiger partial charge in [0.2, 0.25) is 12.3 Å². The van der Waals surface area contributed by atoms with Gasteiger partial charge in [0, 0.05) is 19.1 Å². The maximum absolute atomic E-state index is 13.0. The van der Waals surface area contributed by atoms with Crippen molar-refractivity contribution >= 4 is 17.9 Å². The van der Waals surface area contributed by atoms with Gasteiger partial charge < -0.3 is 15.5 Å². The van der Waals surface area contributed by atoms with Crippen molar-refractivity contribution in [3.63, 3.8) is 0 Å². The van der Waals surface area contributed by atoms with Gasteiger partial charge in [0.1, 0.15) is 6.54 Å². The molecule has 1 aromatic rings. The summed E-state index contributed by atoms with van der Waals surface area (Å²) in [4.78, 5) is 25.9. The van der Waals surface area contributed by atoms with Crippen molar-refractivity contribution in [3.8, 4) is 0 Å². The second-order valence-electron chi connectivity index (χ2n) is 8.71. The zero-order valence-electron chi connectivity index (χ0n) is 20.3. The Bertz CT molecular complexity index is 888. The number of piperidine rings is 1. The highest BCUT2D eigenvalue weighted by Gasteiger charge is 2.31. The van der Waals surface area contributed by atoms with Crippen molar-refractivity contribution in [2.24, 2.45) is 0 Å². The van der Waals surface area contributed by atoms with E-state index in [2.05, 4.69) is 22.1 Å². The fourth-order valence-electron chi connectivity index (χ4n) is 4.42. The summed E-state index contributed by atoms with van der Waals surface area (Å²) in [6.07, 6.45) is 7.30. The summed E-state index contributed by atoms with van der Waals surface area (Å²) < 4.78 is 38.4. The monoisotopic (exact) mass is 491 g/mol. The summed E-state index contributed by atoms with van der Waals surface area (Å²) in [5, 5.41) is 4.92. The maximum Gasteiger partial charge on any atom is 0.405 e. The molecular weight excluding hydrogens is 455 g/mol. The van der Waals surface area contributed by atoms with E-state index in [0.29, 0.717) is 12.8 Å². The molecular formula is C27H36F3N3O2. The van der Waals surface area contributed by atoms with Crippen LogP contribution < -0.4 is 10.6 Å². The third-order valence-corrected chi connectivity index (χ3v) is 6.26. The number of halogens is 3. The standard InChI is InChI=1S/C27H36F3N3O2/c1-3-5-10-21(4-2)23-11-6-7-12-24(23)25(26(35)31-19-27(28,29)30)13-8-9-16-33-17-14-22(15-18-33)32-20-34/h3-7,10-12,20,22,25H,1,8-9,13-19H2,2H3,(H,31,35)(H,32,34)/b10-5-,21-4+. The van der Waals surface area contributed by atoms with E-state index in [1.54, 1.807) is 12.2 Å². The van der Waals surface area contributed by atoms with Gasteiger partial charge in [-0.25, -0.2) is 0 Å². The number of nitrogens with zero attached hydrogens (tertiary/aromatic N) is 1. The Hall–Kier alpha value is -2.87. The molecule has 0 aliphatic carbocycles. The van der Waals surface area contributed by atoms with Crippen LogP contribution in [0.15, 0.2) is 55.1 Å². The van der Waals surface area contributed by atoms with Crippen LogP contribution in [0.4, 0.5) is 13.2 Å². The Labute approximate surface area is 206 Å². The zero-order valence-corrected chi connectivity index (χ0v) is 20.3. The van der Waals surface area contributed by atoms with E-state index in [-0.39, 0.29) is 6.04 Å². The van der Waals surface area contributed by atoms with E-state index < -0.39 is 24.5 Å². The number of carbonyl (C=O) groups excluding carboxylic acids is 2. The molecule has 192 valence electrons. The lowest BCUT2D eigenvalue weighted by atomic mass is 9.86. The molecule has 2 rings (SSSR count). The Morgan fingerprint density at radius 1 is 1.23 bits per heavy atom. The fraction of sp³-hybridized carbons (Fsp3) is 0.481. The first-order valence-electron chi connectivity index (χ1n) is 12.1. The van der Waals surface area contributed by atoms with Gasteiger partial charge in [-0.1, -0.05) is 61.6 Å². The summed E-state index contributed by atoms with van der Waals surface area (Å²) >= 11 is 0. The summed E-state index contributed by atoms with van der Waals surface area (Å²) in [5.41, 5.74) is 2.42. The smallest absolute Gasteiger partial charge is 0.356 e. The van der Waals surface area contributed by atoms with E-state index in [1.165, 1.54) is 0 Å². The molecule has 1 saturated heterocycles. The molecule has 1 unspecified atom stereocenters. The molecule has 1 aliphatic heterocycles. The first kappa shape index (κ1) is 28.4. The number of carbonyl (C=O) groups is 2. The molecule has 1 heterocycles. The van der Waals surface area contributed by atoms with Crippen molar-refractivity contribution in [1.82, 2.24) is 15.5 Å². The summed E-state index contributed by atoms with van der Waals surface area (Å²) in [6.45, 7) is 6.86. The van der Waals surface area contributed by atoms with Crippen LogP contribution in [-0.2, 0) is 9.59 Å². The van der Waals surface area contributed by atoms with Gasteiger partial charge in [0.15, 0.2) is 0 Å². The maximum atomic E-state index is 13.0. The number of hydrogen-bond donors (Lipinski definition) is 2. The highest BCUT2D eigenvalue weighted by Crippen LogP contribution is 2.31. The minimum Gasteiger partial charge on any atom is -0.356 e. The molecule has 0 radical (unpaired) electrons. The number of nitrogens with one attached hydrogen (secondary N) is 2. The summed E-state index contributed by atoms with van der Waals surface area (Å²) in [6, 6.07) is 7.60. The number of rotatable bonds is 13. The normalized spacial score (nSPS) is 16.7. The molecule has 35 heavy (non-hydrogen) atoms.